The van der Waals surface area contributed by atoms with E-state index in [-0.39, 0.29) is 0 Å². The summed E-state index contributed by atoms with van der Waals surface area (Å²) in [5.74, 6) is 1.76. The molecule has 2 nitrogen and oxygen atoms in total. The molecule has 0 aliphatic heterocycles. The second-order valence-electron chi connectivity index (χ2n) is 4.77. The van der Waals surface area contributed by atoms with Crippen molar-refractivity contribution in [3.63, 3.8) is 0 Å². The van der Waals surface area contributed by atoms with Gasteiger partial charge in [-0.2, -0.15) is 0 Å². The van der Waals surface area contributed by atoms with Crippen LogP contribution in [-0.2, 0) is 6.54 Å². The molecule has 1 aromatic rings. The highest BCUT2D eigenvalue weighted by Gasteiger charge is 2.19. The second-order valence-corrected chi connectivity index (χ2v) is 5.15. The van der Waals surface area contributed by atoms with E-state index in [9.17, 15) is 0 Å². The van der Waals surface area contributed by atoms with Crippen LogP contribution in [0.5, 0.6) is 0 Å². The molecule has 3 heteroatoms. The third-order valence-corrected chi connectivity index (χ3v) is 3.79. The van der Waals surface area contributed by atoms with Gasteiger partial charge in [0, 0.05) is 6.04 Å². The molecule has 0 aromatic carbocycles. The van der Waals surface area contributed by atoms with Crippen LogP contribution in [0.25, 0.3) is 0 Å². The highest BCUT2D eigenvalue weighted by Crippen LogP contribution is 2.26. The van der Waals surface area contributed by atoms with Gasteiger partial charge in [0.05, 0.1) is 6.54 Å². The number of hydrogen-bond acceptors (Lipinski definition) is 2. The monoisotopic (exact) mass is 241 g/mol. The first-order chi connectivity index (χ1) is 7.75. The Bertz CT molecular complexity index is 317. The molecule has 0 amide bonds. The summed E-state index contributed by atoms with van der Waals surface area (Å²) < 4.78 is 5.32. The van der Waals surface area contributed by atoms with Crippen LogP contribution < -0.4 is 5.32 Å². The van der Waals surface area contributed by atoms with Gasteiger partial charge in [0.25, 0.3) is 0 Å². The number of furan rings is 1. The molecule has 1 atom stereocenters. The fraction of sp³-hybridized carbons (Fsp3) is 0.692. The van der Waals surface area contributed by atoms with Gasteiger partial charge in [-0.15, -0.1) is 0 Å². The van der Waals surface area contributed by atoms with Gasteiger partial charge >= 0.3 is 0 Å². The van der Waals surface area contributed by atoms with Crippen LogP contribution in [0.15, 0.2) is 16.5 Å². The van der Waals surface area contributed by atoms with Crippen LogP contribution in [0.4, 0.5) is 0 Å². The minimum Gasteiger partial charge on any atom is -0.448 e. The average Bonchev–Trinajstić information content (AvgIpc) is 2.73. The van der Waals surface area contributed by atoms with Crippen LogP contribution in [0.3, 0.4) is 0 Å². The van der Waals surface area contributed by atoms with Gasteiger partial charge in [0.15, 0.2) is 5.22 Å². The van der Waals surface area contributed by atoms with Crippen molar-refractivity contribution in [3.05, 3.63) is 23.1 Å². The van der Waals surface area contributed by atoms with E-state index < -0.39 is 0 Å². The highest BCUT2D eigenvalue weighted by atomic mass is 35.5. The van der Waals surface area contributed by atoms with E-state index in [0.29, 0.717) is 11.3 Å². The fourth-order valence-corrected chi connectivity index (χ4v) is 2.67. The molecule has 2 rings (SSSR count). The zero-order valence-electron chi connectivity index (χ0n) is 9.84. The smallest absolute Gasteiger partial charge is 0.193 e. The molecule has 1 aliphatic carbocycles. The number of rotatable bonds is 4. The predicted octanol–water partition coefficient (Wildman–Crippen LogP) is 3.99. The van der Waals surface area contributed by atoms with Crippen LogP contribution in [0.1, 0.15) is 44.8 Å². The molecule has 1 N–H and O–H groups in total. The van der Waals surface area contributed by atoms with Crippen molar-refractivity contribution in [1.29, 1.82) is 0 Å². The topological polar surface area (TPSA) is 25.2 Å². The fourth-order valence-electron chi connectivity index (χ4n) is 2.51. The van der Waals surface area contributed by atoms with Crippen molar-refractivity contribution >= 4 is 11.6 Å². The summed E-state index contributed by atoms with van der Waals surface area (Å²) in [6, 6.07) is 4.30. The van der Waals surface area contributed by atoms with Crippen LogP contribution >= 0.6 is 11.6 Å². The van der Waals surface area contributed by atoms with Crippen molar-refractivity contribution in [2.24, 2.45) is 5.92 Å². The maximum absolute atomic E-state index is 5.73. The first kappa shape index (κ1) is 12.0. The maximum Gasteiger partial charge on any atom is 0.193 e. The van der Waals surface area contributed by atoms with Gasteiger partial charge < -0.3 is 9.73 Å². The molecule has 0 spiro atoms. The van der Waals surface area contributed by atoms with Gasteiger partial charge in [-0.25, -0.2) is 0 Å². The molecule has 90 valence electrons. The Labute approximate surface area is 102 Å². The quantitative estimate of drug-likeness (QED) is 0.862. The number of nitrogens with one attached hydrogen (secondary N) is 1. The lowest BCUT2D eigenvalue weighted by molar-refractivity contribution is 0.275. The molecule has 1 unspecified atom stereocenters. The maximum atomic E-state index is 5.73. The number of hydrogen-bond donors (Lipinski definition) is 1. The summed E-state index contributed by atoms with van der Waals surface area (Å²) in [5.41, 5.74) is 0. The first-order valence-electron chi connectivity index (χ1n) is 6.23. The summed E-state index contributed by atoms with van der Waals surface area (Å²) in [7, 11) is 0. The average molecular weight is 242 g/mol. The van der Waals surface area contributed by atoms with Crippen molar-refractivity contribution in [3.8, 4) is 0 Å². The Morgan fingerprint density at radius 1 is 1.38 bits per heavy atom. The zero-order chi connectivity index (χ0) is 11.4. The van der Waals surface area contributed by atoms with Gasteiger partial charge in [0.2, 0.25) is 0 Å². The summed E-state index contributed by atoms with van der Waals surface area (Å²) >= 11 is 5.73. The second kappa shape index (κ2) is 5.74. The van der Waals surface area contributed by atoms with Gasteiger partial charge in [-0.3, -0.25) is 0 Å². The molecule has 0 bridgehead atoms. The van der Waals surface area contributed by atoms with E-state index in [1.54, 1.807) is 6.07 Å². The Balaban J connectivity index is 1.76. The van der Waals surface area contributed by atoms with Crippen LogP contribution in [-0.4, -0.2) is 6.04 Å². The Kier molecular flexibility index (Phi) is 4.30. The number of halogens is 1. The lowest BCUT2D eigenvalue weighted by Gasteiger charge is -2.28. The molecule has 1 aromatic heterocycles. The van der Waals surface area contributed by atoms with Gasteiger partial charge in [0.1, 0.15) is 5.76 Å². The minimum atomic E-state index is 0.474. The lowest BCUT2D eigenvalue weighted by atomic mass is 9.84. The van der Waals surface area contributed by atoms with E-state index in [1.807, 2.05) is 6.07 Å². The van der Waals surface area contributed by atoms with Gasteiger partial charge in [-0.05, 0) is 49.4 Å². The summed E-state index contributed by atoms with van der Waals surface area (Å²) in [4.78, 5) is 0. The van der Waals surface area contributed by atoms with E-state index in [1.165, 1.54) is 32.1 Å². The Morgan fingerprint density at radius 2 is 2.12 bits per heavy atom. The van der Waals surface area contributed by atoms with Crippen molar-refractivity contribution in [2.75, 3.05) is 0 Å². The normalized spacial score (nSPS) is 19.9. The largest absolute Gasteiger partial charge is 0.448 e. The van der Waals surface area contributed by atoms with E-state index in [4.69, 9.17) is 16.0 Å². The molecule has 1 saturated carbocycles. The molecule has 1 aliphatic rings. The molecule has 16 heavy (non-hydrogen) atoms. The lowest BCUT2D eigenvalue weighted by Crippen LogP contribution is -2.34. The summed E-state index contributed by atoms with van der Waals surface area (Å²) in [6.45, 7) is 3.06. The molecule has 1 fully saturated rings. The van der Waals surface area contributed by atoms with Crippen molar-refractivity contribution in [2.45, 2.75) is 51.6 Å². The van der Waals surface area contributed by atoms with E-state index >= 15 is 0 Å². The first-order valence-corrected chi connectivity index (χ1v) is 6.61. The van der Waals surface area contributed by atoms with E-state index in [2.05, 4.69) is 12.2 Å². The minimum absolute atomic E-state index is 0.474. The zero-order valence-corrected chi connectivity index (χ0v) is 10.6. The van der Waals surface area contributed by atoms with Crippen molar-refractivity contribution < 1.29 is 4.42 Å². The van der Waals surface area contributed by atoms with Crippen molar-refractivity contribution in [1.82, 2.24) is 5.32 Å². The third-order valence-electron chi connectivity index (χ3n) is 3.58. The Hall–Kier alpha value is -0.470. The highest BCUT2D eigenvalue weighted by molar-refractivity contribution is 6.28. The van der Waals surface area contributed by atoms with Crippen LogP contribution in [0, 0.1) is 5.92 Å². The molecule has 0 saturated heterocycles. The molecular formula is C13H20ClNO. The van der Waals surface area contributed by atoms with Crippen LogP contribution in [0.2, 0.25) is 5.22 Å². The summed E-state index contributed by atoms with van der Waals surface area (Å²) in [5, 5.41) is 4.00. The molecule has 0 radical (unpaired) electrons. The van der Waals surface area contributed by atoms with Gasteiger partial charge in [-0.1, -0.05) is 19.3 Å². The standard InChI is InChI=1S/C13H20ClNO/c1-10(11-5-3-2-4-6-11)15-9-12-7-8-13(14)16-12/h7-8,10-11,15H,2-6,9H2,1H3. The van der Waals surface area contributed by atoms with E-state index in [0.717, 1.165) is 18.2 Å². The predicted molar refractivity (Wildman–Crippen MR) is 66.6 cm³/mol. The molecule has 1 heterocycles. The SMILES string of the molecule is CC(NCc1ccc(Cl)o1)C1CCCCC1. The molecular weight excluding hydrogens is 222 g/mol. The summed E-state index contributed by atoms with van der Waals surface area (Å²) in [6.07, 6.45) is 6.93. The third kappa shape index (κ3) is 3.26. The Morgan fingerprint density at radius 3 is 2.75 bits per heavy atom.